The lowest BCUT2D eigenvalue weighted by molar-refractivity contribution is -0.167. The summed E-state index contributed by atoms with van der Waals surface area (Å²) in [6.45, 7) is 6.64. The summed E-state index contributed by atoms with van der Waals surface area (Å²) in [5.41, 5.74) is 0. The quantitative estimate of drug-likeness (QED) is 0.0261. The van der Waals surface area contributed by atoms with Gasteiger partial charge in [0.05, 0.1) is 0 Å². The van der Waals surface area contributed by atoms with Crippen molar-refractivity contribution in [3.63, 3.8) is 0 Å². The molecule has 1 unspecified atom stereocenters. The van der Waals surface area contributed by atoms with Gasteiger partial charge in [-0.05, 0) is 44.9 Å². The number of unbranched alkanes of at least 4 members (excludes halogenated alkanes) is 47. The first-order chi connectivity index (χ1) is 35.0. The summed E-state index contributed by atoms with van der Waals surface area (Å²) in [6, 6.07) is 0. The van der Waals surface area contributed by atoms with E-state index in [1.807, 2.05) is 0 Å². The van der Waals surface area contributed by atoms with Crippen LogP contribution < -0.4 is 0 Å². The van der Waals surface area contributed by atoms with Gasteiger partial charge in [0.25, 0.3) is 0 Å². The molecule has 0 aromatic carbocycles. The third-order valence-corrected chi connectivity index (χ3v) is 14.8. The predicted molar refractivity (Wildman–Crippen MR) is 307 cm³/mol. The number of carbonyl (C=O) groups excluding carboxylic acids is 3. The average molecular weight is 1000 g/mol. The Balaban J connectivity index is 3.93. The van der Waals surface area contributed by atoms with Crippen molar-refractivity contribution in [3.8, 4) is 0 Å². The van der Waals surface area contributed by atoms with Gasteiger partial charge in [-0.25, -0.2) is 0 Å². The van der Waals surface area contributed by atoms with Crippen LogP contribution in [0.2, 0.25) is 0 Å². The van der Waals surface area contributed by atoms with E-state index in [1.165, 1.54) is 263 Å². The zero-order chi connectivity index (χ0) is 51.4. The van der Waals surface area contributed by atoms with E-state index in [0.717, 1.165) is 64.2 Å². The number of esters is 3. The summed E-state index contributed by atoms with van der Waals surface area (Å²) in [5.74, 6) is -0.859. The molecule has 6 nitrogen and oxygen atoms in total. The third kappa shape index (κ3) is 58.9. The third-order valence-electron chi connectivity index (χ3n) is 14.8. The zero-order valence-corrected chi connectivity index (χ0v) is 48.3. The fourth-order valence-corrected chi connectivity index (χ4v) is 9.91. The van der Waals surface area contributed by atoms with Crippen molar-refractivity contribution in [2.24, 2.45) is 0 Å². The first kappa shape index (κ1) is 69.2. The first-order valence-corrected chi connectivity index (χ1v) is 32.2. The lowest BCUT2D eigenvalue weighted by Crippen LogP contribution is -2.30. The van der Waals surface area contributed by atoms with Gasteiger partial charge in [-0.15, -0.1) is 0 Å². The summed E-state index contributed by atoms with van der Waals surface area (Å²) in [4.78, 5) is 38.0. The summed E-state index contributed by atoms with van der Waals surface area (Å²) < 4.78 is 16.8. The topological polar surface area (TPSA) is 78.9 Å². The molecule has 0 rings (SSSR count). The van der Waals surface area contributed by atoms with Crippen molar-refractivity contribution in [2.45, 2.75) is 374 Å². The van der Waals surface area contributed by atoms with Crippen LogP contribution in [0.25, 0.3) is 0 Å². The molecule has 1 atom stereocenters. The molecule has 6 heteroatoms. The van der Waals surface area contributed by atoms with Crippen LogP contribution in [-0.2, 0) is 28.6 Å². The minimum Gasteiger partial charge on any atom is -0.462 e. The largest absolute Gasteiger partial charge is 0.462 e. The fourth-order valence-electron chi connectivity index (χ4n) is 9.91. The molecule has 0 heterocycles. The van der Waals surface area contributed by atoms with Crippen LogP contribution in [0.15, 0.2) is 12.2 Å². The smallest absolute Gasteiger partial charge is 0.306 e. The number of allylic oxidation sites excluding steroid dienone is 2. The molecule has 0 saturated heterocycles. The van der Waals surface area contributed by atoms with Gasteiger partial charge in [-0.2, -0.15) is 0 Å². The lowest BCUT2D eigenvalue weighted by atomic mass is 10.0. The van der Waals surface area contributed by atoms with Gasteiger partial charge in [0, 0.05) is 19.3 Å². The van der Waals surface area contributed by atoms with Gasteiger partial charge in [0.1, 0.15) is 13.2 Å². The standard InChI is InChI=1S/C65H124O6/c1-4-7-10-13-16-19-21-23-24-25-26-27-28-29-30-31-32-33-34-35-36-37-38-39-40-41-43-44-46-49-52-55-58-64(67)70-61-62(60-69-63(66)57-54-51-48-18-15-12-9-6-3)71-65(68)59-56-53-50-47-45-42-22-20-17-14-11-8-5-2/h20,22,62H,4-19,21,23-61H2,1-3H3/b22-20-. The second-order valence-electron chi connectivity index (χ2n) is 22.0. The Morgan fingerprint density at radius 3 is 0.718 bits per heavy atom. The molecule has 0 aromatic heterocycles. The van der Waals surface area contributed by atoms with E-state index in [-0.39, 0.29) is 31.1 Å². The number of ether oxygens (including phenoxy) is 3. The molecular formula is C65H124O6. The van der Waals surface area contributed by atoms with E-state index in [4.69, 9.17) is 14.2 Å². The molecule has 0 aliphatic carbocycles. The molecule has 0 spiro atoms. The van der Waals surface area contributed by atoms with E-state index in [0.29, 0.717) is 19.3 Å². The molecule has 0 aliphatic heterocycles. The van der Waals surface area contributed by atoms with Gasteiger partial charge < -0.3 is 14.2 Å². The van der Waals surface area contributed by atoms with Crippen LogP contribution >= 0.6 is 0 Å². The molecule has 0 saturated carbocycles. The molecule has 0 radical (unpaired) electrons. The van der Waals surface area contributed by atoms with Gasteiger partial charge in [-0.3, -0.25) is 14.4 Å². The lowest BCUT2D eigenvalue weighted by Gasteiger charge is -2.18. The van der Waals surface area contributed by atoms with Gasteiger partial charge in [-0.1, -0.05) is 315 Å². The van der Waals surface area contributed by atoms with Crippen LogP contribution in [0.4, 0.5) is 0 Å². The zero-order valence-electron chi connectivity index (χ0n) is 48.3. The Morgan fingerprint density at radius 1 is 0.268 bits per heavy atom. The number of hydrogen-bond donors (Lipinski definition) is 0. The van der Waals surface area contributed by atoms with Crippen molar-refractivity contribution >= 4 is 17.9 Å². The van der Waals surface area contributed by atoms with Crippen molar-refractivity contribution in [1.82, 2.24) is 0 Å². The van der Waals surface area contributed by atoms with Crippen LogP contribution in [0.5, 0.6) is 0 Å². The molecule has 0 fully saturated rings. The van der Waals surface area contributed by atoms with Crippen molar-refractivity contribution in [1.29, 1.82) is 0 Å². The summed E-state index contributed by atoms with van der Waals surface area (Å²) in [5, 5.41) is 0. The SMILES string of the molecule is CCCCCC/C=C\CCCCCCCC(=O)OC(COC(=O)CCCCCCCCCC)COC(=O)CCCCCCCCCCCCCCCCCCCCCCCCCCCCCCCCCC. The van der Waals surface area contributed by atoms with Crippen molar-refractivity contribution in [3.05, 3.63) is 12.2 Å². The molecule has 0 amide bonds. The average Bonchev–Trinajstić information content (AvgIpc) is 3.37. The molecule has 0 bridgehead atoms. The minimum absolute atomic E-state index is 0.0681. The van der Waals surface area contributed by atoms with Crippen LogP contribution in [-0.4, -0.2) is 37.2 Å². The minimum atomic E-state index is -0.768. The van der Waals surface area contributed by atoms with E-state index in [2.05, 4.69) is 32.9 Å². The number of rotatable bonds is 60. The van der Waals surface area contributed by atoms with Crippen LogP contribution in [0.1, 0.15) is 367 Å². The Labute approximate surface area is 443 Å². The highest BCUT2D eigenvalue weighted by Gasteiger charge is 2.19. The summed E-state index contributed by atoms with van der Waals surface area (Å²) in [7, 11) is 0. The van der Waals surface area contributed by atoms with E-state index >= 15 is 0 Å². The Hall–Kier alpha value is -1.85. The van der Waals surface area contributed by atoms with E-state index in [9.17, 15) is 14.4 Å². The Bertz CT molecular complexity index is 1100. The predicted octanol–water partition coefficient (Wildman–Crippen LogP) is 21.7. The van der Waals surface area contributed by atoms with Crippen molar-refractivity contribution in [2.75, 3.05) is 13.2 Å². The number of hydrogen-bond acceptors (Lipinski definition) is 6. The molecular weight excluding hydrogens is 877 g/mol. The monoisotopic (exact) mass is 1000 g/mol. The number of carbonyl (C=O) groups is 3. The molecule has 0 aliphatic rings. The van der Waals surface area contributed by atoms with Gasteiger partial charge >= 0.3 is 17.9 Å². The maximum Gasteiger partial charge on any atom is 0.306 e. The highest BCUT2D eigenvalue weighted by atomic mass is 16.6. The molecule has 0 aromatic rings. The maximum absolute atomic E-state index is 12.8. The second-order valence-corrected chi connectivity index (χ2v) is 22.0. The Morgan fingerprint density at radius 2 is 0.465 bits per heavy atom. The summed E-state index contributed by atoms with van der Waals surface area (Å²) >= 11 is 0. The van der Waals surface area contributed by atoms with Crippen LogP contribution in [0.3, 0.4) is 0 Å². The summed E-state index contributed by atoms with van der Waals surface area (Å²) in [6.07, 6.45) is 71.2. The maximum atomic E-state index is 12.8. The second kappa shape index (κ2) is 60.7. The highest BCUT2D eigenvalue weighted by molar-refractivity contribution is 5.71. The first-order valence-electron chi connectivity index (χ1n) is 32.2. The van der Waals surface area contributed by atoms with Gasteiger partial charge in [0.2, 0.25) is 0 Å². The molecule has 0 N–H and O–H groups in total. The Kier molecular flexibility index (Phi) is 59.1. The normalized spacial score (nSPS) is 12.0. The van der Waals surface area contributed by atoms with E-state index < -0.39 is 6.10 Å². The van der Waals surface area contributed by atoms with E-state index in [1.54, 1.807) is 0 Å². The van der Waals surface area contributed by atoms with Gasteiger partial charge in [0.15, 0.2) is 6.10 Å². The fraction of sp³-hybridized carbons (Fsp3) is 0.923. The molecule has 71 heavy (non-hydrogen) atoms. The highest BCUT2D eigenvalue weighted by Crippen LogP contribution is 2.18. The van der Waals surface area contributed by atoms with Crippen LogP contribution in [0, 0.1) is 0 Å². The molecule has 420 valence electrons. The van der Waals surface area contributed by atoms with Crippen molar-refractivity contribution < 1.29 is 28.6 Å².